The van der Waals surface area contributed by atoms with Crippen molar-refractivity contribution < 1.29 is 9.53 Å². The van der Waals surface area contributed by atoms with Gasteiger partial charge in [0.1, 0.15) is 0 Å². The molecule has 0 saturated carbocycles. The number of ether oxygens (including phenoxy) is 1. The minimum Gasteiger partial charge on any atom is -0.464 e. The number of unbranched alkanes of at least 4 members (excludes halogenated alkanes) is 1. The number of esters is 1. The molecule has 1 aromatic rings. The molecule has 1 atom stereocenters. The number of hydrogen-bond acceptors (Lipinski definition) is 3. The van der Waals surface area contributed by atoms with Crippen molar-refractivity contribution >= 4 is 11.7 Å². The van der Waals surface area contributed by atoms with Crippen LogP contribution in [-0.2, 0) is 9.53 Å². The molecule has 1 aliphatic heterocycles. The second-order valence-electron chi connectivity index (χ2n) is 5.28. The van der Waals surface area contributed by atoms with E-state index in [1.165, 1.54) is 0 Å². The van der Waals surface area contributed by atoms with Crippen LogP contribution in [0, 0.1) is 0 Å². The van der Waals surface area contributed by atoms with E-state index >= 15 is 0 Å². The first-order valence-electron chi connectivity index (χ1n) is 7.53. The van der Waals surface area contributed by atoms with Crippen LogP contribution in [0.15, 0.2) is 35.3 Å². The Labute approximate surface area is 121 Å². The Kier molecular flexibility index (Phi) is 4.94. The largest absolute Gasteiger partial charge is 0.464 e. The summed E-state index contributed by atoms with van der Waals surface area (Å²) in [4.78, 5) is 17.1. The first-order valence-corrected chi connectivity index (χ1v) is 7.53. The zero-order chi connectivity index (χ0) is 14.4. The van der Waals surface area contributed by atoms with Crippen LogP contribution < -0.4 is 0 Å². The fourth-order valence-corrected chi connectivity index (χ4v) is 2.70. The van der Waals surface area contributed by atoms with Crippen LogP contribution in [0.25, 0.3) is 0 Å². The molecule has 0 amide bonds. The molecule has 1 aliphatic rings. The summed E-state index contributed by atoms with van der Waals surface area (Å²) in [6.07, 6.45) is 4.49. The van der Waals surface area contributed by atoms with Crippen molar-refractivity contribution in [3.05, 3.63) is 35.9 Å². The molecule has 20 heavy (non-hydrogen) atoms. The third kappa shape index (κ3) is 3.09. The van der Waals surface area contributed by atoms with Crippen molar-refractivity contribution in [3.8, 4) is 0 Å². The first-order chi connectivity index (χ1) is 9.72. The number of rotatable bonds is 6. The lowest BCUT2D eigenvalue weighted by atomic mass is 9.90. The fourth-order valence-electron chi connectivity index (χ4n) is 2.70. The molecule has 1 unspecified atom stereocenters. The lowest BCUT2D eigenvalue weighted by molar-refractivity contribution is -0.149. The van der Waals surface area contributed by atoms with Crippen LogP contribution in [-0.4, -0.2) is 23.8 Å². The summed E-state index contributed by atoms with van der Waals surface area (Å²) in [7, 11) is 0. The highest BCUT2D eigenvalue weighted by Gasteiger charge is 2.42. The molecule has 2 rings (SSSR count). The molecule has 1 heterocycles. The standard InChI is InChI=1S/C17H23NO2/c1-3-5-12-17(16(19)20-4-2)13-11-15(18-17)14-9-7-6-8-10-14/h6-10H,3-5,11-13H2,1-2H3. The second-order valence-corrected chi connectivity index (χ2v) is 5.28. The molecule has 0 radical (unpaired) electrons. The smallest absolute Gasteiger partial charge is 0.334 e. The van der Waals surface area contributed by atoms with Gasteiger partial charge in [0.15, 0.2) is 5.54 Å². The molecule has 3 heteroatoms. The van der Waals surface area contributed by atoms with Gasteiger partial charge in [-0.15, -0.1) is 0 Å². The average Bonchev–Trinajstić information content (AvgIpc) is 2.92. The molecule has 0 saturated heterocycles. The highest BCUT2D eigenvalue weighted by atomic mass is 16.5. The van der Waals surface area contributed by atoms with Gasteiger partial charge in [0.2, 0.25) is 0 Å². The highest BCUT2D eigenvalue weighted by molar-refractivity contribution is 6.04. The van der Waals surface area contributed by atoms with Crippen molar-refractivity contribution in [2.45, 2.75) is 51.5 Å². The topological polar surface area (TPSA) is 38.7 Å². The van der Waals surface area contributed by atoms with Crippen LogP contribution in [0.1, 0.15) is 51.5 Å². The Bertz CT molecular complexity index is 481. The molecule has 0 bridgehead atoms. The number of carbonyl (C=O) groups is 1. The Morgan fingerprint density at radius 3 is 2.70 bits per heavy atom. The summed E-state index contributed by atoms with van der Waals surface area (Å²) in [5, 5.41) is 0. The predicted molar refractivity (Wildman–Crippen MR) is 81.1 cm³/mol. The monoisotopic (exact) mass is 273 g/mol. The van der Waals surface area contributed by atoms with E-state index in [2.05, 4.69) is 19.1 Å². The van der Waals surface area contributed by atoms with E-state index in [0.717, 1.165) is 43.4 Å². The number of benzene rings is 1. The van der Waals surface area contributed by atoms with E-state index in [4.69, 9.17) is 9.73 Å². The zero-order valence-electron chi connectivity index (χ0n) is 12.4. The van der Waals surface area contributed by atoms with E-state index in [9.17, 15) is 4.79 Å². The van der Waals surface area contributed by atoms with Gasteiger partial charge in [-0.05, 0) is 31.7 Å². The quantitative estimate of drug-likeness (QED) is 0.740. The Morgan fingerprint density at radius 2 is 2.05 bits per heavy atom. The molecule has 108 valence electrons. The molecular formula is C17H23NO2. The minimum atomic E-state index is -0.642. The van der Waals surface area contributed by atoms with E-state index < -0.39 is 5.54 Å². The van der Waals surface area contributed by atoms with Gasteiger partial charge in [-0.3, -0.25) is 4.99 Å². The summed E-state index contributed by atoms with van der Waals surface area (Å²) in [5.74, 6) is -0.153. The van der Waals surface area contributed by atoms with Gasteiger partial charge in [0, 0.05) is 5.71 Å². The maximum absolute atomic E-state index is 12.3. The molecule has 0 aromatic heterocycles. The summed E-state index contributed by atoms with van der Waals surface area (Å²) in [6, 6.07) is 10.1. The van der Waals surface area contributed by atoms with E-state index in [1.54, 1.807) is 0 Å². The Hall–Kier alpha value is -1.64. The van der Waals surface area contributed by atoms with Crippen molar-refractivity contribution in [1.29, 1.82) is 0 Å². The van der Waals surface area contributed by atoms with Crippen molar-refractivity contribution in [3.63, 3.8) is 0 Å². The van der Waals surface area contributed by atoms with Crippen molar-refractivity contribution in [2.75, 3.05) is 6.61 Å². The second kappa shape index (κ2) is 6.69. The molecule has 1 aromatic carbocycles. The fraction of sp³-hybridized carbons (Fsp3) is 0.529. The molecule has 3 nitrogen and oxygen atoms in total. The van der Waals surface area contributed by atoms with Crippen LogP contribution in [0.4, 0.5) is 0 Å². The van der Waals surface area contributed by atoms with Gasteiger partial charge in [0.05, 0.1) is 6.61 Å². The molecule has 0 fully saturated rings. The number of carbonyl (C=O) groups excluding carboxylic acids is 1. The number of hydrogen-bond donors (Lipinski definition) is 0. The Morgan fingerprint density at radius 1 is 1.30 bits per heavy atom. The summed E-state index contributed by atoms with van der Waals surface area (Å²) < 4.78 is 5.26. The minimum absolute atomic E-state index is 0.153. The summed E-state index contributed by atoms with van der Waals surface area (Å²) in [5.41, 5.74) is 1.52. The van der Waals surface area contributed by atoms with Gasteiger partial charge in [0.25, 0.3) is 0 Å². The number of nitrogens with zero attached hydrogens (tertiary/aromatic N) is 1. The lowest BCUT2D eigenvalue weighted by Gasteiger charge is -2.23. The molecular weight excluding hydrogens is 250 g/mol. The van der Waals surface area contributed by atoms with E-state index in [0.29, 0.717) is 6.61 Å². The lowest BCUT2D eigenvalue weighted by Crippen LogP contribution is -2.36. The van der Waals surface area contributed by atoms with Crippen LogP contribution in [0.2, 0.25) is 0 Å². The first kappa shape index (κ1) is 14.8. The van der Waals surface area contributed by atoms with Crippen LogP contribution in [0.3, 0.4) is 0 Å². The van der Waals surface area contributed by atoms with Gasteiger partial charge in [-0.2, -0.15) is 0 Å². The van der Waals surface area contributed by atoms with Gasteiger partial charge < -0.3 is 4.74 Å². The molecule has 0 spiro atoms. The molecule has 0 N–H and O–H groups in total. The summed E-state index contributed by atoms with van der Waals surface area (Å²) >= 11 is 0. The van der Waals surface area contributed by atoms with Gasteiger partial charge in [-0.1, -0.05) is 50.1 Å². The zero-order valence-corrected chi connectivity index (χ0v) is 12.4. The average molecular weight is 273 g/mol. The third-order valence-electron chi connectivity index (χ3n) is 3.83. The van der Waals surface area contributed by atoms with E-state index in [-0.39, 0.29) is 5.97 Å². The number of aliphatic imine (C=N–C) groups is 1. The highest BCUT2D eigenvalue weighted by Crippen LogP contribution is 2.34. The van der Waals surface area contributed by atoms with Crippen molar-refractivity contribution in [2.24, 2.45) is 4.99 Å². The maximum atomic E-state index is 12.3. The van der Waals surface area contributed by atoms with Gasteiger partial charge in [-0.25, -0.2) is 4.79 Å². The van der Waals surface area contributed by atoms with Crippen LogP contribution >= 0.6 is 0 Å². The third-order valence-corrected chi connectivity index (χ3v) is 3.83. The van der Waals surface area contributed by atoms with E-state index in [1.807, 2.05) is 25.1 Å². The maximum Gasteiger partial charge on any atom is 0.334 e. The Balaban J connectivity index is 2.25. The van der Waals surface area contributed by atoms with Gasteiger partial charge >= 0.3 is 5.97 Å². The summed E-state index contributed by atoms with van der Waals surface area (Å²) in [6.45, 7) is 4.40. The van der Waals surface area contributed by atoms with Crippen LogP contribution in [0.5, 0.6) is 0 Å². The van der Waals surface area contributed by atoms with Crippen molar-refractivity contribution in [1.82, 2.24) is 0 Å². The predicted octanol–water partition coefficient (Wildman–Crippen LogP) is 3.76. The SMILES string of the molecule is CCCCC1(C(=O)OCC)CCC(c2ccccc2)=N1. The normalized spacial score (nSPS) is 21.6. The molecule has 0 aliphatic carbocycles.